The molecule has 0 radical (unpaired) electrons. The van der Waals surface area contributed by atoms with Gasteiger partial charge in [-0.1, -0.05) is 133 Å². The van der Waals surface area contributed by atoms with Crippen molar-refractivity contribution in [3.05, 3.63) is 152 Å². The molecule has 4 nitrogen and oxygen atoms in total. The number of fused-ring (bicyclic) bond motifs is 5. The molecule has 0 aliphatic carbocycles. The molecule has 7 aromatic carbocycles. The van der Waals surface area contributed by atoms with Crippen molar-refractivity contribution < 1.29 is 4.42 Å². The van der Waals surface area contributed by atoms with Crippen LogP contribution < -0.4 is 0 Å². The van der Waals surface area contributed by atoms with Crippen molar-refractivity contribution in [1.82, 2.24) is 15.0 Å². The molecule has 0 unspecified atom stereocenters. The Morgan fingerprint density at radius 3 is 1.78 bits per heavy atom. The van der Waals surface area contributed by atoms with E-state index in [9.17, 15) is 0 Å². The highest BCUT2D eigenvalue weighted by atomic mass is 16.3. The Kier molecular flexibility index (Phi) is 5.78. The molecule has 45 heavy (non-hydrogen) atoms. The molecule has 2 aromatic heterocycles. The first-order valence-electron chi connectivity index (χ1n) is 15.0. The van der Waals surface area contributed by atoms with Gasteiger partial charge in [-0.15, -0.1) is 0 Å². The number of nitrogens with zero attached hydrogens (tertiary/aromatic N) is 3. The highest BCUT2D eigenvalue weighted by Gasteiger charge is 2.19. The second kappa shape index (κ2) is 10.2. The molecule has 0 atom stereocenters. The van der Waals surface area contributed by atoms with E-state index in [1.807, 2.05) is 60.7 Å². The topological polar surface area (TPSA) is 51.8 Å². The number of benzene rings is 7. The van der Waals surface area contributed by atoms with Gasteiger partial charge < -0.3 is 4.42 Å². The standard InChI is InChI=1S/C41H25N3O/c1-2-12-28(13-3-1)39-42-40(44-41(43-39)34-20-10-22-36-38(34)32-17-6-7-21-35(32)45-36)33-19-9-16-27-15-8-18-31(37(27)33)30-24-23-26-11-4-5-14-29(26)25-30/h1-25H. The highest BCUT2D eigenvalue weighted by Crippen LogP contribution is 2.39. The maximum Gasteiger partial charge on any atom is 0.164 e. The predicted molar refractivity (Wildman–Crippen MR) is 184 cm³/mol. The fraction of sp³-hybridized carbons (Fsp3) is 0. The average molecular weight is 576 g/mol. The van der Waals surface area contributed by atoms with Gasteiger partial charge in [-0.05, 0) is 45.5 Å². The third-order valence-corrected chi connectivity index (χ3v) is 8.52. The van der Waals surface area contributed by atoms with Crippen LogP contribution in [0.25, 0.3) is 88.8 Å². The van der Waals surface area contributed by atoms with Gasteiger partial charge >= 0.3 is 0 Å². The SMILES string of the molecule is c1ccc(-c2nc(-c3cccc4cccc(-c5ccc6ccccc6c5)c34)nc(-c3cccc4oc5ccccc5c34)n2)cc1. The largest absolute Gasteiger partial charge is 0.456 e. The second-order valence-electron chi connectivity index (χ2n) is 11.2. The van der Waals surface area contributed by atoms with Crippen LogP contribution in [0.3, 0.4) is 0 Å². The Labute approximate surface area is 259 Å². The molecular formula is C41H25N3O. The van der Waals surface area contributed by atoms with Crippen molar-refractivity contribution in [3.63, 3.8) is 0 Å². The molecule has 9 rings (SSSR count). The fourth-order valence-electron chi connectivity index (χ4n) is 6.42. The van der Waals surface area contributed by atoms with Gasteiger partial charge in [-0.2, -0.15) is 0 Å². The minimum atomic E-state index is 0.608. The molecule has 0 spiro atoms. The molecule has 9 aromatic rings. The molecule has 0 bridgehead atoms. The molecule has 4 heteroatoms. The van der Waals surface area contributed by atoms with Crippen LogP contribution in [0.4, 0.5) is 0 Å². The first kappa shape index (κ1) is 25.4. The number of hydrogen-bond donors (Lipinski definition) is 0. The molecule has 0 saturated carbocycles. The predicted octanol–water partition coefficient (Wildman–Crippen LogP) is 10.7. The number of furan rings is 1. The molecule has 0 fully saturated rings. The summed E-state index contributed by atoms with van der Waals surface area (Å²) in [4.78, 5) is 15.4. The van der Waals surface area contributed by atoms with Crippen LogP contribution in [-0.2, 0) is 0 Å². The number of para-hydroxylation sites is 1. The van der Waals surface area contributed by atoms with Crippen molar-refractivity contribution in [2.75, 3.05) is 0 Å². The summed E-state index contributed by atoms with van der Waals surface area (Å²) in [5, 5.41) is 6.70. The number of rotatable bonds is 4. The zero-order chi connectivity index (χ0) is 29.7. The Morgan fingerprint density at radius 2 is 0.956 bits per heavy atom. The maximum atomic E-state index is 6.23. The molecule has 0 aliphatic heterocycles. The fourth-order valence-corrected chi connectivity index (χ4v) is 6.42. The Hall–Kier alpha value is -6.13. The molecular weight excluding hydrogens is 550 g/mol. The summed E-state index contributed by atoms with van der Waals surface area (Å²) in [5.74, 6) is 1.86. The van der Waals surface area contributed by atoms with Crippen molar-refractivity contribution in [1.29, 1.82) is 0 Å². The van der Waals surface area contributed by atoms with Gasteiger partial charge in [0.05, 0.1) is 0 Å². The minimum Gasteiger partial charge on any atom is -0.456 e. The summed E-state index contributed by atoms with van der Waals surface area (Å²) in [7, 11) is 0. The minimum absolute atomic E-state index is 0.608. The van der Waals surface area contributed by atoms with E-state index in [0.717, 1.165) is 60.5 Å². The van der Waals surface area contributed by atoms with Gasteiger partial charge in [0.15, 0.2) is 17.5 Å². The molecule has 2 heterocycles. The monoisotopic (exact) mass is 575 g/mol. The van der Waals surface area contributed by atoms with Crippen LogP contribution in [-0.4, -0.2) is 15.0 Å². The van der Waals surface area contributed by atoms with Gasteiger partial charge in [0.1, 0.15) is 11.2 Å². The van der Waals surface area contributed by atoms with E-state index in [-0.39, 0.29) is 0 Å². The van der Waals surface area contributed by atoms with Crippen molar-refractivity contribution in [2.45, 2.75) is 0 Å². The van der Waals surface area contributed by atoms with Crippen molar-refractivity contribution >= 4 is 43.5 Å². The third-order valence-electron chi connectivity index (χ3n) is 8.52. The number of hydrogen-bond acceptors (Lipinski definition) is 4. The average Bonchev–Trinajstić information content (AvgIpc) is 3.50. The van der Waals surface area contributed by atoms with Crippen LogP contribution in [0.5, 0.6) is 0 Å². The van der Waals surface area contributed by atoms with Crippen molar-refractivity contribution in [3.8, 4) is 45.3 Å². The molecule has 210 valence electrons. The van der Waals surface area contributed by atoms with Gasteiger partial charge in [0.2, 0.25) is 0 Å². The summed E-state index contributed by atoms with van der Waals surface area (Å²) in [6, 6.07) is 52.2. The summed E-state index contributed by atoms with van der Waals surface area (Å²) in [6.07, 6.45) is 0. The normalized spacial score (nSPS) is 11.6. The second-order valence-corrected chi connectivity index (χ2v) is 11.2. The molecule has 0 N–H and O–H groups in total. The van der Waals surface area contributed by atoms with Gasteiger partial charge in [0, 0.05) is 32.8 Å². The zero-order valence-corrected chi connectivity index (χ0v) is 24.2. The van der Waals surface area contributed by atoms with E-state index in [1.54, 1.807) is 0 Å². The Balaban J connectivity index is 1.33. The molecule has 0 saturated heterocycles. The van der Waals surface area contributed by atoms with Crippen LogP contribution >= 0.6 is 0 Å². The Bertz CT molecular complexity index is 2540. The van der Waals surface area contributed by atoms with Crippen molar-refractivity contribution in [2.24, 2.45) is 0 Å². The lowest BCUT2D eigenvalue weighted by Crippen LogP contribution is -2.01. The summed E-state index contributed by atoms with van der Waals surface area (Å²) < 4.78 is 6.23. The first-order chi connectivity index (χ1) is 22.3. The van der Waals surface area contributed by atoms with Gasteiger partial charge in [-0.3, -0.25) is 0 Å². The number of aromatic nitrogens is 3. The zero-order valence-electron chi connectivity index (χ0n) is 24.2. The third kappa shape index (κ3) is 4.27. The van der Waals surface area contributed by atoms with E-state index < -0.39 is 0 Å². The Morgan fingerprint density at radius 1 is 0.356 bits per heavy atom. The first-order valence-corrected chi connectivity index (χ1v) is 15.0. The van der Waals surface area contributed by atoms with Crippen LogP contribution in [0.2, 0.25) is 0 Å². The van der Waals surface area contributed by atoms with E-state index in [4.69, 9.17) is 19.4 Å². The quantitative estimate of drug-likeness (QED) is 0.209. The lowest BCUT2D eigenvalue weighted by atomic mass is 9.93. The van der Waals surface area contributed by atoms with E-state index in [1.165, 1.54) is 10.8 Å². The smallest absolute Gasteiger partial charge is 0.164 e. The van der Waals surface area contributed by atoms with Gasteiger partial charge in [-0.25, -0.2) is 15.0 Å². The highest BCUT2D eigenvalue weighted by molar-refractivity contribution is 6.12. The van der Waals surface area contributed by atoms with E-state index in [0.29, 0.717) is 17.5 Å². The van der Waals surface area contributed by atoms with Crippen LogP contribution in [0.15, 0.2) is 156 Å². The summed E-state index contributed by atoms with van der Waals surface area (Å²) in [6.45, 7) is 0. The van der Waals surface area contributed by atoms with E-state index in [2.05, 4.69) is 91.0 Å². The van der Waals surface area contributed by atoms with Crippen LogP contribution in [0.1, 0.15) is 0 Å². The van der Waals surface area contributed by atoms with Gasteiger partial charge in [0.25, 0.3) is 0 Å². The summed E-state index contributed by atoms with van der Waals surface area (Å²) in [5.41, 5.74) is 6.74. The summed E-state index contributed by atoms with van der Waals surface area (Å²) >= 11 is 0. The molecule has 0 amide bonds. The maximum absolute atomic E-state index is 6.23. The van der Waals surface area contributed by atoms with Crippen LogP contribution in [0, 0.1) is 0 Å². The lowest BCUT2D eigenvalue weighted by Gasteiger charge is -2.14. The molecule has 0 aliphatic rings. The lowest BCUT2D eigenvalue weighted by molar-refractivity contribution is 0.669. The van der Waals surface area contributed by atoms with E-state index >= 15 is 0 Å².